The molecule has 1 atom stereocenters. The van der Waals surface area contributed by atoms with Gasteiger partial charge in [-0.25, -0.2) is 0 Å². The van der Waals surface area contributed by atoms with Crippen LogP contribution < -0.4 is 5.32 Å². The lowest BCUT2D eigenvalue weighted by atomic mass is 10.3. The van der Waals surface area contributed by atoms with E-state index in [1.54, 1.807) is 0 Å². The summed E-state index contributed by atoms with van der Waals surface area (Å²) in [5, 5.41) is 5.71. The molecule has 0 aliphatic rings. The Bertz CT molecular complexity index is 246. The molecule has 3 heteroatoms. The van der Waals surface area contributed by atoms with Crippen LogP contribution in [0.5, 0.6) is 0 Å². The molecule has 0 amide bonds. The van der Waals surface area contributed by atoms with Crippen molar-refractivity contribution in [3.63, 3.8) is 0 Å². The van der Waals surface area contributed by atoms with Gasteiger partial charge in [0.1, 0.15) is 0 Å². The van der Waals surface area contributed by atoms with E-state index in [9.17, 15) is 0 Å². The highest BCUT2D eigenvalue weighted by Gasteiger charge is 2.03. The van der Waals surface area contributed by atoms with Gasteiger partial charge in [0.15, 0.2) is 0 Å². The molecule has 0 aliphatic carbocycles. The molecule has 1 N–H and O–H groups in total. The molecular formula is C13H23NS2. The van der Waals surface area contributed by atoms with Crippen LogP contribution in [-0.4, -0.2) is 18.1 Å². The molecule has 92 valence electrons. The van der Waals surface area contributed by atoms with Crippen molar-refractivity contribution in [2.75, 3.05) is 18.1 Å². The van der Waals surface area contributed by atoms with Crippen molar-refractivity contribution in [2.45, 2.75) is 39.2 Å². The third-order valence-electron chi connectivity index (χ3n) is 2.56. The molecule has 16 heavy (non-hydrogen) atoms. The zero-order chi connectivity index (χ0) is 11.6. The second-order valence-corrected chi connectivity index (χ2v) is 6.21. The maximum absolute atomic E-state index is 3.57. The fourth-order valence-electron chi connectivity index (χ4n) is 1.54. The lowest BCUT2D eigenvalue weighted by molar-refractivity contribution is 0.610. The summed E-state index contributed by atoms with van der Waals surface area (Å²) in [6.07, 6.45) is 4.09. The Kier molecular flexibility index (Phi) is 7.99. The van der Waals surface area contributed by atoms with Crippen LogP contribution in [0, 0.1) is 0 Å². The van der Waals surface area contributed by atoms with Gasteiger partial charge in [-0.2, -0.15) is 11.8 Å². The Hall–Kier alpha value is 0.01000. The molecule has 0 aromatic carbocycles. The minimum Gasteiger partial charge on any atom is -0.309 e. The molecule has 0 spiro atoms. The number of unbranched alkanes of at least 4 members (excludes halogenated alkanes) is 2. The number of hydrogen-bond acceptors (Lipinski definition) is 3. The molecule has 1 aromatic rings. The maximum Gasteiger partial charge on any atom is 0.0386 e. The zero-order valence-corrected chi connectivity index (χ0v) is 12.0. The average Bonchev–Trinajstić information content (AvgIpc) is 2.81. The highest BCUT2D eigenvalue weighted by Crippen LogP contribution is 2.17. The molecule has 0 radical (unpaired) electrons. The van der Waals surface area contributed by atoms with E-state index >= 15 is 0 Å². The molecule has 1 unspecified atom stereocenters. The van der Waals surface area contributed by atoms with Crippen LogP contribution in [0.25, 0.3) is 0 Å². The first-order valence-electron chi connectivity index (χ1n) is 6.19. The second kappa shape index (κ2) is 9.08. The van der Waals surface area contributed by atoms with Gasteiger partial charge in [0.25, 0.3) is 0 Å². The van der Waals surface area contributed by atoms with Crippen molar-refractivity contribution < 1.29 is 0 Å². The van der Waals surface area contributed by atoms with E-state index in [-0.39, 0.29) is 0 Å². The molecule has 0 saturated carbocycles. The Morgan fingerprint density at radius 1 is 1.38 bits per heavy atom. The largest absolute Gasteiger partial charge is 0.309 e. The minimum absolute atomic E-state index is 0.510. The lowest BCUT2D eigenvalue weighted by Gasteiger charge is -2.11. The summed E-state index contributed by atoms with van der Waals surface area (Å²) in [6, 6.07) is 4.84. The summed E-state index contributed by atoms with van der Waals surface area (Å²) in [5.41, 5.74) is 0. The third-order valence-corrected chi connectivity index (χ3v) is 4.68. The molecule has 0 saturated heterocycles. The normalized spacial score (nSPS) is 12.9. The van der Waals surface area contributed by atoms with Crippen molar-refractivity contribution in [2.24, 2.45) is 0 Å². The number of hydrogen-bond donors (Lipinski definition) is 1. The fourth-order valence-corrected chi connectivity index (χ4v) is 3.18. The summed E-state index contributed by atoms with van der Waals surface area (Å²) < 4.78 is 0. The van der Waals surface area contributed by atoms with Gasteiger partial charge < -0.3 is 5.32 Å². The van der Waals surface area contributed by atoms with Crippen molar-refractivity contribution in [1.29, 1.82) is 0 Å². The zero-order valence-electron chi connectivity index (χ0n) is 10.4. The van der Waals surface area contributed by atoms with E-state index in [4.69, 9.17) is 0 Å². The van der Waals surface area contributed by atoms with Gasteiger partial charge in [-0.05, 0) is 30.5 Å². The summed E-state index contributed by atoms with van der Waals surface area (Å²) >= 11 is 3.91. The molecule has 1 rings (SSSR count). The topological polar surface area (TPSA) is 12.0 Å². The molecular weight excluding hydrogens is 234 g/mol. The third kappa shape index (κ3) is 5.92. The Morgan fingerprint density at radius 3 is 2.94 bits per heavy atom. The number of thioether (sulfide) groups is 1. The number of nitrogens with one attached hydrogen (secondary N) is 1. The minimum atomic E-state index is 0.510. The Morgan fingerprint density at radius 2 is 2.25 bits per heavy atom. The van der Waals surface area contributed by atoms with Gasteiger partial charge in [-0.1, -0.05) is 25.8 Å². The molecule has 1 aromatic heterocycles. The van der Waals surface area contributed by atoms with Crippen LogP contribution in [0.1, 0.15) is 44.0 Å². The first-order valence-corrected chi connectivity index (χ1v) is 8.22. The van der Waals surface area contributed by atoms with Crippen LogP contribution in [-0.2, 0) is 0 Å². The smallest absolute Gasteiger partial charge is 0.0386 e. The van der Waals surface area contributed by atoms with E-state index < -0.39 is 0 Å². The molecule has 1 nitrogen and oxygen atoms in total. The van der Waals surface area contributed by atoms with Crippen molar-refractivity contribution in [3.8, 4) is 0 Å². The monoisotopic (exact) mass is 257 g/mol. The standard InChI is InChI=1S/C13H23NS2/c1-3-4-5-9-15-11-8-14-12(2)13-7-6-10-16-13/h6-7,10,12,14H,3-5,8-9,11H2,1-2H3. The average molecular weight is 257 g/mol. The summed E-state index contributed by atoms with van der Waals surface area (Å²) in [4.78, 5) is 1.44. The van der Waals surface area contributed by atoms with Crippen LogP contribution in [0.2, 0.25) is 0 Å². The van der Waals surface area contributed by atoms with Gasteiger partial charge >= 0.3 is 0 Å². The van der Waals surface area contributed by atoms with E-state index in [2.05, 4.69) is 48.4 Å². The second-order valence-electron chi connectivity index (χ2n) is 4.01. The van der Waals surface area contributed by atoms with Crippen molar-refractivity contribution >= 4 is 23.1 Å². The highest BCUT2D eigenvalue weighted by molar-refractivity contribution is 7.99. The van der Waals surface area contributed by atoms with Crippen LogP contribution >= 0.6 is 23.1 Å². The van der Waals surface area contributed by atoms with Crippen LogP contribution in [0.3, 0.4) is 0 Å². The first kappa shape index (κ1) is 14.1. The van der Waals surface area contributed by atoms with E-state index in [0.29, 0.717) is 6.04 Å². The maximum atomic E-state index is 3.57. The summed E-state index contributed by atoms with van der Waals surface area (Å²) in [6.45, 7) is 5.62. The summed E-state index contributed by atoms with van der Waals surface area (Å²) in [7, 11) is 0. The van der Waals surface area contributed by atoms with Gasteiger partial charge in [0.2, 0.25) is 0 Å². The Balaban J connectivity index is 1.95. The van der Waals surface area contributed by atoms with E-state index in [1.807, 2.05) is 11.3 Å². The van der Waals surface area contributed by atoms with Crippen molar-refractivity contribution in [1.82, 2.24) is 5.32 Å². The predicted octanol–water partition coefficient (Wildman–Crippen LogP) is 4.32. The molecule has 1 heterocycles. The Labute approximate surface area is 108 Å². The van der Waals surface area contributed by atoms with Crippen LogP contribution in [0.4, 0.5) is 0 Å². The quantitative estimate of drug-likeness (QED) is 0.661. The molecule has 0 bridgehead atoms. The van der Waals surface area contributed by atoms with Gasteiger partial charge in [-0.3, -0.25) is 0 Å². The lowest BCUT2D eigenvalue weighted by Crippen LogP contribution is -2.20. The van der Waals surface area contributed by atoms with Gasteiger partial charge in [0.05, 0.1) is 0 Å². The summed E-state index contributed by atoms with van der Waals surface area (Å²) in [5.74, 6) is 2.56. The molecule has 0 fully saturated rings. The highest BCUT2D eigenvalue weighted by atomic mass is 32.2. The van der Waals surface area contributed by atoms with E-state index in [1.165, 1.54) is 35.6 Å². The number of rotatable bonds is 9. The fraction of sp³-hybridized carbons (Fsp3) is 0.692. The van der Waals surface area contributed by atoms with Gasteiger partial charge in [-0.15, -0.1) is 11.3 Å². The number of thiophene rings is 1. The molecule has 0 aliphatic heterocycles. The van der Waals surface area contributed by atoms with E-state index in [0.717, 1.165) is 6.54 Å². The SMILES string of the molecule is CCCCCSCCNC(C)c1cccs1. The van der Waals surface area contributed by atoms with Crippen molar-refractivity contribution in [3.05, 3.63) is 22.4 Å². The van der Waals surface area contributed by atoms with Gasteiger partial charge in [0, 0.05) is 23.2 Å². The predicted molar refractivity (Wildman–Crippen MR) is 77.6 cm³/mol. The van der Waals surface area contributed by atoms with Crippen LogP contribution in [0.15, 0.2) is 17.5 Å². The first-order chi connectivity index (χ1) is 7.84.